The summed E-state index contributed by atoms with van der Waals surface area (Å²) in [6.45, 7) is 4.00. The van der Waals surface area contributed by atoms with Crippen LogP contribution in [0, 0.1) is 0 Å². The summed E-state index contributed by atoms with van der Waals surface area (Å²) in [5.74, 6) is 0.769. The molecule has 0 spiro atoms. The molecule has 1 heterocycles. The van der Waals surface area contributed by atoms with Crippen LogP contribution < -0.4 is 19.7 Å². The van der Waals surface area contributed by atoms with E-state index in [2.05, 4.69) is 12.2 Å². The molecule has 1 atom stereocenters. The van der Waals surface area contributed by atoms with Crippen LogP contribution in [0.3, 0.4) is 0 Å². The van der Waals surface area contributed by atoms with Crippen LogP contribution in [0.2, 0.25) is 5.02 Å². The molecule has 7 heteroatoms. The molecule has 0 radical (unpaired) electrons. The third-order valence-electron chi connectivity index (χ3n) is 5.36. The fourth-order valence-corrected chi connectivity index (χ4v) is 3.88. The van der Waals surface area contributed by atoms with Gasteiger partial charge in [-0.3, -0.25) is 9.59 Å². The van der Waals surface area contributed by atoms with E-state index >= 15 is 0 Å². The zero-order valence-corrected chi connectivity index (χ0v) is 19.3. The lowest BCUT2D eigenvalue weighted by Crippen LogP contribution is -2.44. The second kappa shape index (κ2) is 9.96. The van der Waals surface area contributed by atoms with Crippen molar-refractivity contribution in [2.75, 3.05) is 16.8 Å². The van der Waals surface area contributed by atoms with Crippen LogP contribution in [0.5, 0.6) is 11.5 Å². The number of aryl methyl sites for hydroxylation is 1. The van der Waals surface area contributed by atoms with Gasteiger partial charge in [0.25, 0.3) is 11.8 Å². The predicted octanol–water partition coefficient (Wildman–Crippen LogP) is 5.23. The van der Waals surface area contributed by atoms with Gasteiger partial charge >= 0.3 is 0 Å². The second-order valence-electron chi connectivity index (χ2n) is 7.83. The second-order valence-corrected chi connectivity index (χ2v) is 8.27. The third-order valence-corrected chi connectivity index (χ3v) is 5.59. The molecule has 1 aliphatic rings. The molecule has 1 N–H and O–H groups in total. The summed E-state index contributed by atoms with van der Waals surface area (Å²) in [4.78, 5) is 27.0. The summed E-state index contributed by atoms with van der Waals surface area (Å²) in [5.41, 5.74) is 3.17. The number of anilines is 2. The van der Waals surface area contributed by atoms with Gasteiger partial charge in [-0.25, -0.2) is 0 Å². The molecule has 33 heavy (non-hydrogen) atoms. The monoisotopic (exact) mass is 464 g/mol. The summed E-state index contributed by atoms with van der Waals surface area (Å²) in [6, 6.07) is 20.3. The number of amides is 2. The number of carbonyl (C=O) groups excluding carboxylic acids is 2. The summed E-state index contributed by atoms with van der Waals surface area (Å²) in [5, 5.41) is 3.44. The Balaban J connectivity index is 1.49. The maximum atomic E-state index is 12.9. The maximum absolute atomic E-state index is 12.9. The molecular weight excluding hydrogens is 440 g/mol. The van der Waals surface area contributed by atoms with E-state index < -0.39 is 6.10 Å². The third kappa shape index (κ3) is 5.46. The number of halogens is 1. The zero-order valence-electron chi connectivity index (χ0n) is 18.5. The van der Waals surface area contributed by atoms with Gasteiger partial charge in [0.15, 0.2) is 12.7 Å². The van der Waals surface area contributed by atoms with E-state index in [0.717, 1.165) is 17.5 Å². The number of fused-ring (bicyclic) bond motifs is 1. The van der Waals surface area contributed by atoms with Crippen LogP contribution in [0.25, 0.3) is 0 Å². The van der Waals surface area contributed by atoms with Crippen molar-refractivity contribution < 1.29 is 19.1 Å². The lowest BCUT2D eigenvalue weighted by Gasteiger charge is -2.33. The molecule has 4 rings (SSSR count). The highest BCUT2D eigenvalue weighted by Gasteiger charge is 2.32. The molecule has 1 aliphatic heterocycles. The molecule has 0 saturated carbocycles. The summed E-state index contributed by atoms with van der Waals surface area (Å²) < 4.78 is 11.4. The Labute approximate surface area is 198 Å². The first-order valence-electron chi connectivity index (χ1n) is 10.8. The molecule has 3 aromatic carbocycles. The Hall–Kier alpha value is -3.51. The van der Waals surface area contributed by atoms with Crippen molar-refractivity contribution in [2.45, 2.75) is 32.9 Å². The van der Waals surface area contributed by atoms with E-state index in [1.165, 1.54) is 0 Å². The number of hydrogen-bond donors (Lipinski definition) is 1. The van der Waals surface area contributed by atoms with Gasteiger partial charge in [-0.1, -0.05) is 42.8 Å². The van der Waals surface area contributed by atoms with Crippen molar-refractivity contribution in [1.82, 2.24) is 0 Å². The molecule has 0 aliphatic carbocycles. The number of nitrogens with one attached hydrogen (secondary N) is 1. The largest absolute Gasteiger partial charge is 0.484 e. The lowest BCUT2D eigenvalue weighted by molar-refractivity contribution is -0.125. The van der Waals surface area contributed by atoms with Gasteiger partial charge < -0.3 is 19.7 Å². The molecule has 0 saturated heterocycles. The SMILES string of the molecule is CCc1cccc(OCC(=O)Nc2ccc3c(c2)N(Cc2cccc(Cl)c2)C(=O)C(C)O3)c1. The van der Waals surface area contributed by atoms with Crippen molar-refractivity contribution >= 4 is 34.8 Å². The highest BCUT2D eigenvalue weighted by molar-refractivity contribution is 6.30. The van der Waals surface area contributed by atoms with Crippen molar-refractivity contribution in [3.8, 4) is 11.5 Å². The van der Waals surface area contributed by atoms with E-state index in [1.54, 1.807) is 36.1 Å². The first-order chi connectivity index (χ1) is 15.9. The molecule has 3 aromatic rings. The molecule has 6 nitrogen and oxygen atoms in total. The molecular formula is C26H25ClN2O4. The topological polar surface area (TPSA) is 67.9 Å². The Morgan fingerprint density at radius 1 is 1.09 bits per heavy atom. The average Bonchev–Trinajstić information content (AvgIpc) is 2.81. The minimum Gasteiger partial charge on any atom is -0.484 e. The average molecular weight is 465 g/mol. The van der Waals surface area contributed by atoms with Crippen molar-refractivity contribution in [3.05, 3.63) is 82.9 Å². The van der Waals surface area contributed by atoms with Crippen molar-refractivity contribution in [2.24, 2.45) is 0 Å². The van der Waals surface area contributed by atoms with Gasteiger partial charge in [-0.2, -0.15) is 0 Å². The first-order valence-corrected chi connectivity index (χ1v) is 11.2. The van der Waals surface area contributed by atoms with E-state index in [4.69, 9.17) is 21.1 Å². The molecule has 1 unspecified atom stereocenters. The first kappa shape index (κ1) is 22.7. The Kier molecular flexibility index (Phi) is 6.84. The minimum atomic E-state index is -0.607. The minimum absolute atomic E-state index is 0.122. The van der Waals surface area contributed by atoms with Gasteiger partial charge in [0, 0.05) is 10.7 Å². The number of hydrogen-bond acceptors (Lipinski definition) is 4. The molecule has 0 aromatic heterocycles. The molecule has 0 fully saturated rings. The van der Waals surface area contributed by atoms with E-state index in [-0.39, 0.29) is 18.4 Å². The highest BCUT2D eigenvalue weighted by Crippen LogP contribution is 2.37. The summed E-state index contributed by atoms with van der Waals surface area (Å²) >= 11 is 6.11. The lowest BCUT2D eigenvalue weighted by atomic mass is 10.1. The van der Waals surface area contributed by atoms with Gasteiger partial charge in [0.2, 0.25) is 0 Å². The van der Waals surface area contributed by atoms with Crippen LogP contribution in [0.4, 0.5) is 11.4 Å². The predicted molar refractivity (Wildman–Crippen MR) is 129 cm³/mol. The van der Waals surface area contributed by atoms with Gasteiger partial charge in [0.1, 0.15) is 11.5 Å². The van der Waals surface area contributed by atoms with Crippen LogP contribution >= 0.6 is 11.6 Å². The van der Waals surface area contributed by atoms with Crippen LogP contribution in [0.15, 0.2) is 66.7 Å². The van der Waals surface area contributed by atoms with Crippen LogP contribution in [-0.2, 0) is 22.6 Å². The fraction of sp³-hybridized carbons (Fsp3) is 0.231. The number of ether oxygens (including phenoxy) is 2. The van der Waals surface area contributed by atoms with E-state index in [1.807, 2.05) is 42.5 Å². The van der Waals surface area contributed by atoms with Crippen molar-refractivity contribution in [3.63, 3.8) is 0 Å². The standard InChI is InChI=1S/C26H25ClN2O4/c1-3-18-6-5-9-22(13-18)32-16-25(30)28-21-10-11-24-23(14-21)29(26(31)17(2)33-24)15-19-7-4-8-20(27)12-19/h4-14,17H,3,15-16H2,1-2H3,(H,28,30). The van der Waals surface area contributed by atoms with Gasteiger partial charge in [-0.05, 0) is 66.9 Å². The zero-order chi connectivity index (χ0) is 23.4. The van der Waals surface area contributed by atoms with E-state index in [9.17, 15) is 9.59 Å². The Bertz CT molecular complexity index is 1180. The quantitative estimate of drug-likeness (QED) is 0.519. The number of benzene rings is 3. The van der Waals surface area contributed by atoms with E-state index in [0.29, 0.717) is 34.4 Å². The number of nitrogens with zero attached hydrogens (tertiary/aromatic N) is 1. The van der Waals surface area contributed by atoms with Gasteiger partial charge in [-0.15, -0.1) is 0 Å². The smallest absolute Gasteiger partial charge is 0.268 e. The molecule has 170 valence electrons. The highest BCUT2D eigenvalue weighted by atomic mass is 35.5. The number of rotatable bonds is 7. The van der Waals surface area contributed by atoms with Gasteiger partial charge in [0.05, 0.1) is 12.2 Å². The Morgan fingerprint density at radius 2 is 1.88 bits per heavy atom. The molecule has 0 bridgehead atoms. The summed E-state index contributed by atoms with van der Waals surface area (Å²) in [7, 11) is 0. The fourth-order valence-electron chi connectivity index (χ4n) is 3.67. The Morgan fingerprint density at radius 3 is 2.67 bits per heavy atom. The van der Waals surface area contributed by atoms with Crippen LogP contribution in [0.1, 0.15) is 25.0 Å². The molecule has 2 amide bonds. The van der Waals surface area contributed by atoms with Crippen LogP contribution in [-0.4, -0.2) is 24.5 Å². The van der Waals surface area contributed by atoms with Crippen molar-refractivity contribution in [1.29, 1.82) is 0 Å². The maximum Gasteiger partial charge on any atom is 0.268 e. The normalized spacial score (nSPS) is 14.9. The summed E-state index contributed by atoms with van der Waals surface area (Å²) in [6.07, 6.45) is 0.285. The number of carbonyl (C=O) groups is 2.